The van der Waals surface area contributed by atoms with Gasteiger partial charge in [-0.05, 0) is 53.9 Å². The second kappa shape index (κ2) is 7.88. The minimum Gasteiger partial charge on any atom is -0.384 e. The molecule has 35 heavy (non-hydrogen) atoms. The molecule has 1 fully saturated rings. The van der Waals surface area contributed by atoms with E-state index in [4.69, 9.17) is 28.1 Å². The zero-order valence-electron chi connectivity index (χ0n) is 20.1. The topological polar surface area (TPSA) is 123 Å². The zero-order valence-corrected chi connectivity index (χ0v) is 21.7. The van der Waals surface area contributed by atoms with Gasteiger partial charge in [0.15, 0.2) is 0 Å². The molecular weight excluding hydrogens is 480 g/mol. The van der Waals surface area contributed by atoms with Crippen LogP contribution in [0.1, 0.15) is 55.0 Å². The van der Waals surface area contributed by atoms with Crippen molar-refractivity contribution >= 4 is 45.7 Å². The van der Waals surface area contributed by atoms with E-state index in [0.29, 0.717) is 22.1 Å². The van der Waals surface area contributed by atoms with Crippen molar-refractivity contribution in [3.63, 3.8) is 0 Å². The number of aromatic amines is 1. The first-order valence-corrected chi connectivity index (χ1v) is 13.1. The molecule has 1 aliphatic carbocycles. The Bertz CT molecular complexity index is 1410. The Morgan fingerprint density at radius 2 is 1.94 bits per heavy atom. The quantitative estimate of drug-likeness (QED) is 0.330. The van der Waals surface area contributed by atoms with Gasteiger partial charge in [-0.2, -0.15) is 5.10 Å². The number of rotatable bonds is 2. The number of piperidine rings is 1. The smallest absolute Gasteiger partial charge is 0.202 e. The SMILES string of the molecule is CC(C)(C)c1cc2c(s1)CC1(CCN(c3cnc4c(-c5cc(N)nc(Cl)c5)[nH]nc4n3)CC1)[C@@H]2N. The van der Waals surface area contributed by atoms with Crippen LogP contribution in [0.5, 0.6) is 0 Å². The second-order valence-electron chi connectivity index (χ2n) is 10.8. The van der Waals surface area contributed by atoms with Gasteiger partial charge >= 0.3 is 0 Å². The lowest BCUT2D eigenvalue weighted by atomic mass is 9.73. The van der Waals surface area contributed by atoms with Gasteiger partial charge in [0, 0.05) is 34.4 Å². The number of hydrogen-bond donors (Lipinski definition) is 3. The Balaban J connectivity index is 1.20. The fourth-order valence-corrected chi connectivity index (χ4v) is 7.08. The predicted molar refractivity (Wildman–Crippen MR) is 142 cm³/mol. The highest BCUT2D eigenvalue weighted by atomic mass is 35.5. The minimum absolute atomic E-state index is 0.106. The number of pyridine rings is 1. The summed E-state index contributed by atoms with van der Waals surface area (Å²) < 4.78 is 0. The van der Waals surface area contributed by atoms with Crippen LogP contribution in [0, 0.1) is 5.41 Å². The van der Waals surface area contributed by atoms with Crippen molar-refractivity contribution in [1.82, 2.24) is 25.1 Å². The molecule has 1 atom stereocenters. The number of anilines is 2. The van der Waals surface area contributed by atoms with E-state index < -0.39 is 0 Å². The van der Waals surface area contributed by atoms with Crippen molar-refractivity contribution in [2.75, 3.05) is 23.7 Å². The van der Waals surface area contributed by atoms with Gasteiger partial charge in [-0.25, -0.2) is 15.0 Å². The van der Waals surface area contributed by atoms with E-state index in [1.165, 1.54) is 15.3 Å². The van der Waals surface area contributed by atoms with Crippen molar-refractivity contribution in [2.45, 2.75) is 51.5 Å². The fraction of sp³-hybridized carbons (Fsp3) is 0.440. The molecule has 5 heterocycles. The van der Waals surface area contributed by atoms with E-state index in [1.54, 1.807) is 12.1 Å². The third-order valence-electron chi connectivity index (χ3n) is 7.53. The van der Waals surface area contributed by atoms with Gasteiger partial charge in [0.2, 0.25) is 5.65 Å². The summed E-state index contributed by atoms with van der Waals surface area (Å²) in [6.07, 6.45) is 5.00. The van der Waals surface area contributed by atoms with Crippen LogP contribution in [0.2, 0.25) is 5.15 Å². The molecule has 1 saturated heterocycles. The largest absolute Gasteiger partial charge is 0.384 e. The summed E-state index contributed by atoms with van der Waals surface area (Å²) in [6.45, 7) is 8.63. The van der Waals surface area contributed by atoms with Crippen LogP contribution in [0.25, 0.3) is 22.4 Å². The van der Waals surface area contributed by atoms with Crippen LogP contribution < -0.4 is 16.4 Å². The summed E-state index contributed by atoms with van der Waals surface area (Å²) in [6, 6.07) is 5.95. The normalized spacial score (nSPS) is 19.6. The summed E-state index contributed by atoms with van der Waals surface area (Å²) in [5, 5.41) is 7.75. The maximum atomic E-state index is 6.87. The summed E-state index contributed by atoms with van der Waals surface area (Å²) in [5.41, 5.74) is 17.2. The van der Waals surface area contributed by atoms with E-state index in [2.05, 4.69) is 51.9 Å². The molecule has 1 aliphatic heterocycles. The summed E-state index contributed by atoms with van der Waals surface area (Å²) in [7, 11) is 0. The third kappa shape index (κ3) is 3.77. The van der Waals surface area contributed by atoms with Crippen molar-refractivity contribution in [3.8, 4) is 11.3 Å². The average Bonchev–Trinajstić information content (AvgIpc) is 3.47. The monoisotopic (exact) mass is 508 g/mol. The molecule has 10 heteroatoms. The highest BCUT2D eigenvalue weighted by molar-refractivity contribution is 7.12. The lowest BCUT2D eigenvalue weighted by molar-refractivity contribution is 0.187. The van der Waals surface area contributed by atoms with Crippen LogP contribution in [0.3, 0.4) is 0 Å². The van der Waals surface area contributed by atoms with Crippen molar-refractivity contribution in [2.24, 2.45) is 11.1 Å². The molecule has 0 bridgehead atoms. The number of nitrogens with two attached hydrogens (primary N) is 2. The Morgan fingerprint density at radius 3 is 2.63 bits per heavy atom. The first-order chi connectivity index (χ1) is 16.6. The number of hydrogen-bond acceptors (Lipinski definition) is 8. The third-order valence-corrected chi connectivity index (χ3v) is 9.30. The van der Waals surface area contributed by atoms with Crippen molar-refractivity contribution in [1.29, 1.82) is 0 Å². The number of H-pyrrole nitrogens is 1. The lowest BCUT2D eigenvalue weighted by Crippen LogP contribution is -2.44. The van der Waals surface area contributed by atoms with Crippen LogP contribution in [0.4, 0.5) is 11.6 Å². The number of nitrogens with zero attached hydrogens (tertiary/aromatic N) is 5. The van der Waals surface area contributed by atoms with E-state index in [1.807, 2.05) is 17.5 Å². The van der Waals surface area contributed by atoms with Gasteiger partial charge in [-0.1, -0.05) is 32.4 Å². The van der Waals surface area contributed by atoms with Gasteiger partial charge in [0.05, 0.1) is 11.9 Å². The minimum atomic E-state index is 0.106. The fourth-order valence-electron chi connectivity index (χ4n) is 5.44. The molecule has 6 rings (SSSR count). The molecule has 8 nitrogen and oxygen atoms in total. The van der Waals surface area contributed by atoms with Crippen LogP contribution in [0.15, 0.2) is 24.4 Å². The highest BCUT2D eigenvalue weighted by Crippen LogP contribution is 2.54. The summed E-state index contributed by atoms with van der Waals surface area (Å²) >= 11 is 8.03. The number of aromatic nitrogens is 5. The number of fused-ring (bicyclic) bond motifs is 2. The predicted octanol–water partition coefficient (Wildman–Crippen LogP) is 4.85. The maximum Gasteiger partial charge on any atom is 0.202 e. The van der Waals surface area contributed by atoms with Gasteiger partial charge in [-0.3, -0.25) is 5.10 Å². The highest BCUT2D eigenvalue weighted by Gasteiger charge is 2.47. The van der Waals surface area contributed by atoms with E-state index in [-0.39, 0.29) is 16.9 Å². The number of nitrogen functional groups attached to an aromatic ring is 1. The molecule has 0 aromatic carbocycles. The maximum absolute atomic E-state index is 6.87. The average molecular weight is 509 g/mol. The van der Waals surface area contributed by atoms with Crippen LogP contribution in [-0.4, -0.2) is 38.2 Å². The Kier molecular flexibility index (Phi) is 5.11. The van der Waals surface area contributed by atoms with E-state index in [9.17, 15) is 0 Å². The molecule has 5 N–H and O–H groups in total. The van der Waals surface area contributed by atoms with Gasteiger partial charge in [0.1, 0.15) is 22.3 Å². The second-order valence-corrected chi connectivity index (χ2v) is 12.4. The molecule has 1 spiro atoms. The van der Waals surface area contributed by atoms with E-state index in [0.717, 1.165) is 49.4 Å². The summed E-state index contributed by atoms with van der Waals surface area (Å²) in [4.78, 5) is 18.7. The molecule has 0 saturated carbocycles. The first-order valence-electron chi connectivity index (χ1n) is 11.9. The van der Waals surface area contributed by atoms with Gasteiger partial charge in [0.25, 0.3) is 0 Å². The standard InChI is InChI=1S/C25H29ClN8S/c1-24(2,3)16-10-14-15(35-16)11-25(22(14)28)4-6-34(7-5-25)19-12-29-21-20(32-33-23(21)31-19)13-8-17(26)30-18(27)9-13/h8-10,12,22H,4-7,11,28H2,1-3H3,(H2,27,30)(H,31,32,33)/t22-/m1/s1. The molecule has 0 radical (unpaired) electrons. The zero-order chi connectivity index (χ0) is 24.5. The van der Waals surface area contributed by atoms with Gasteiger partial charge in [-0.15, -0.1) is 11.3 Å². The molecule has 4 aromatic rings. The van der Waals surface area contributed by atoms with Crippen molar-refractivity contribution < 1.29 is 0 Å². The van der Waals surface area contributed by atoms with Crippen LogP contribution in [-0.2, 0) is 11.8 Å². The molecule has 0 amide bonds. The van der Waals surface area contributed by atoms with Gasteiger partial charge < -0.3 is 16.4 Å². The first kappa shape index (κ1) is 22.7. The number of halogens is 1. The van der Waals surface area contributed by atoms with Crippen LogP contribution >= 0.6 is 22.9 Å². The lowest BCUT2D eigenvalue weighted by Gasteiger charge is -2.42. The number of nitrogens with one attached hydrogen (secondary N) is 1. The summed E-state index contributed by atoms with van der Waals surface area (Å²) in [5.74, 6) is 1.19. The molecule has 2 aliphatic rings. The molecular formula is C25H29ClN8S. The van der Waals surface area contributed by atoms with Crippen molar-refractivity contribution in [3.05, 3.63) is 44.9 Å². The Labute approximate surface area is 213 Å². The Hall–Kier alpha value is -2.75. The molecule has 4 aromatic heterocycles. The van der Waals surface area contributed by atoms with E-state index >= 15 is 0 Å². The number of thiophene rings is 1. The molecule has 182 valence electrons. The molecule has 0 unspecified atom stereocenters. The Morgan fingerprint density at radius 1 is 1.17 bits per heavy atom.